The SMILES string of the molecule is Cc1cccc2c1B1c3c(C(C)C)cccc3C(C)(C)C3C=CC=C(C13)C2(C)C. The third-order valence-corrected chi connectivity index (χ3v) is 8.33. The lowest BCUT2D eigenvalue weighted by Gasteiger charge is -2.56. The molecular weight excluding hydrogens is 347 g/mol. The average molecular weight is 380 g/mol. The summed E-state index contributed by atoms with van der Waals surface area (Å²) >= 11 is 0. The Hall–Kier alpha value is -2.02. The Morgan fingerprint density at radius 3 is 2.31 bits per heavy atom. The van der Waals surface area contributed by atoms with Gasteiger partial charge >= 0.3 is 0 Å². The van der Waals surface area contributed by atoms with E-state index in [0.29, 0.717) is 24.4 Å². The molecule has 1 aliphatic carbocycles. The van der Waals surface area contributed by atoms with Crippen molar-refractivity contribution in [1.82, 2.24) is 0 Å². The maximum absolute atomic E-state index is 2.51. The van der Waals surface area contributed by atoms with Crippen LogP contribution in [0.25, 0.3) is 0 Å². The molecule has 148 valence electrons. The Labute approximate surface area is 177 Å². The van der Waals surface area contributed by atoms with Crippen molar-refractivity contribution in [2.75, 3.05) is 0 Å². The summed E-state index contributed by atoms with van der Waals surface area (Å²) in [6.07, 6.45) is 7.29. The van der Waals surface area contributed by atoms with Crippen LogP contribution in [0.3, 0.4) is 0 Å². The summed E-state index contributed by atoms with van der Waals surface area (Å²) in [5.74, 6) is 1.62. The summed E-state index contributed by atoms with van der Waals surface area (Å²) in [6, 6.07) is 14.1. The highest BCUT2D eigenvalue weighted by Gasteiger charge is 2.56. The monoisotopic (exact) mass is 380 g/mol. The molecule has 1 heteroatoms. The van der Waals surface area contributed by atoms with Gasteiger partial charge in [0.05, 0.1) is 0 Å². The molecular formula is C28H33B. The van der Waals surface area contributed by atoms with Gasteiger partial charge in [-0.25, -0.2) is 0 Å². The maximum Gasteiger partial charge on any atom is 0.218 e. The highest BCUT2D eigenvalue weighted by Crippen LogP contribution is 2.56. The first kappa shape index (κ1) is 19.0. The van der Waals surface area contributed by atoms with Crippen molar-refractivity contribution in [3.63, 3.8) is 0 Å². The van der Waals surface area contributed by atoms with Crippen LogP contribution in [0, 0.1) is 12.8 Å². The second-order valence-corrected chi connectivity index (χ2v) is 10.9. The normalized spacial score (nSPS) is 25.2. The molecule has 0 N–H and O–H groups in total. The highest BCUT2D eigenvalue weighted by atomic mass is 14.5. The second-order valence-electron chi connectivity index (χ2n) is 10.9. The molecule has 3 aliphatic rings. The van der Waals surface area contributed by atoms with E-state index in [2.05, 4.69) is 103 Å². The predicted molar refractivity (Wildman–Crippen MR) is 127 cm³/mol. The molecule has 0 fully saturated rings. The molecule has 0 saturated carbocycles. The fraction of sp³-hybridized carbons (Fsp3) is 0.429. The van der Waals surface area contributed by atoms with Crippen molar-refractivity contribution < 1.29 is 0 Å². The van der Waals surface area contributed by atoms with E-state index in [1.165, 1.54) is 11.1 Å². The first-order valence-corrected chi connectivity index (χ1v) is 11.3. The molecule has 2 atom stereocenters. The van der Waals surface area contributed by atoms with Gasteiger partial charge < -0.3 is 0 Å². The fourth-order valence-corrected chi connectivity index (χ4v) is 6.88. The van der Waals surface area contributed by atoms with Crippen LogP contribution in [0.15, 0.2) is 60.2 Å². The zero-order valence-corrected chi connectivity index (χ0v) is 19.0. The van der Waals surface area contributed by atoms with Gasteiger partial charge in [0.15, 0.2) is 0 Å². The first-order valence-electron chi connectivity index (χ1n) is 11.3. The van der Waals surface area contributed by atoms with Crippen molar-refractivity contribution in [2.45, 2.75) is 71.0 Å². The topological polar surface area (TPSA) is 0 Å². The standard InChI is InChI=1S/C28H33B/c1-17(2)19-12-9-14-21-25(19)29-24-18(3)11-8-13-20(24)27(4,5)22-15-10-16-23(26(22)29)28(21,6)7/h8-17,23,26H,1-7H3. The van der Waals surface area contributed by atoms with Gasteiger partial charge in [-0.05, 0) is 41.1 Å². The minimum atomic E-state index is 0.0753. The summed E-state index contributed by atoms with van der Waals surface area (Å²) in [5, 5.41) is 0. The van der Waals surface area contributed by atoms with E-state index in [1.807, 2.05) is 0 Å². The summed E-state index contributed by atoms with van der Waals surface area (Å²) in [4.78, 5) is 0. The number of benzene rings is 2. The van der Waals surface area contributed by atoms with Crippen LogP contribution in [-0.2, 0) is 10.8 Å². The molecule has 0 bridgehead atoms. The van der Waals surface area contributed by atoms with E-state index in [-0.39, 0.29) is 10.8 Å². The van der Waals surface area contributed by atoms with Crippen molar-refractivity contribution in [3.8, 4) is 0 Å². The highest BCUT2D eigenvalue weighted by molar-refractivity contribution is 6.89. The van der Waals surface area contributed by atoms with Gasteiger partial charge in [0.2, 0.25) is 6.71 Å². The number of hydrogen-bond acceptors (Lipinski definition) is 0. The molecule has 29 heavy (non-hydrogen) atoms. The van der Waals surface area contributed by atoms with Crippen LogP contribution >= 0.6 is 0 Å². The minimum absolute atomic E-state index is 0.0753. The minimum Gasteiger partial charge on any atom is -0.0806 e. The van der Waals surface area contributed by atoms with Crippen LogP contribution in [0.4, 0.5) is 0 Å². The van der Waals surface area contributed by atoms with Gasteiger partial charge in [0, 0.05) is 5.41 Å². The zero-order valence-electron chi connectivity index (χ0n) is 19.0. The molecule has 0 radical (unpaired) electrons. The van der Waals surface area contributed by atoms with Gasteiger partial charge in [0.1, 0.15) is 0 Å². The van der Waals surface area contributed by atoms with Crippen molar-refractivity contribution in [3.05, 3.63) is 82.5 Å². The van der Waals surface area contributed by atoms with E-state index in [1.54, 1.807) is 27.6 Å². The third kappa shape index (κ3) is 2.34. The predicted octanol–water partition coefficient (Wildman–Crippen LogP) is 5.79. The lowest BCUT2D eigenvalue weighted by Crippen LogP contribution is -2.65. The van der Waals surface area contributed by atoms with E-state index in [4.69, 9.17) is 0 Å². The average Bonchev–Trinajstić information content (AvgIpc) is 2.67. The number of fused-ring (bicyclic) bond motifs is 4. The summed E-state index contributed by atoms with van der Waals surface area (Å²) in [6.45, 7) is 17.3. The van der Waals surface area contributed by atoms with E-state index < -0.39 is 0 Å². The Morgan fingerprint density at radius 2 is 1.59 bits per heavy atom. The Kier molecular flexibility index (Phi) is 3.93. The van der Waals surface area contributed by atoms with Crippen LogP contribution in [0.1, 0.15) is 69.7 Å². The summed E-state index contributed by atoms with van der Waals surface area (Å²) < 4.78 is 0. The molecule has 2 aromatic carbocycles. The smallest absolute Gasteiger partial charge is 0.0806 e. The van der Waals surface area contributed by atoms with Gasteiger partial charge in [-0.15, -0.1) is 0 Å². The van der Waals surface area contributed by atoms with Crippen molar-refractivity contribution >= 4 is 17.6 Å². The van der Waals surface area contributed by atoms with Crippen molar-refractivity contribution in [1.29, 1.82) is 0 Å². The van der Waals surface area contributed by atoms with Gasteiger partial charge in [0.25, 0.3) is 0 Å². The molecule has 2 unspecified atom stereocenters. The number of aryl methyl sites for hydroxylation is 1. The summed E-state index contributed by atoms with van der Waals surface area (Å²) in [7, 11) is 0. The van der Waals surface area contributed by atoms with E-state index >= 15 is 0 Å². The number of hydrogen-bond donors (Lipinski definition) is 0. The largest absolute Gasteiger partial charge is 0.218 e. The number of allylic oxidation sites excluding steroid dienone is 4. The second kappa shape index (κ2) is 6.00. The third-order valence-electron chi connectivity index (χ3n) is 8.33. The summed E-state index contributed by atoms with van der Waals surface area (Å²) in [5.41, 5.74) is 11.2. The number of rotatable bonds is 1. The van der Waals surface area contributed by atoms with Crippen LogP contribution in [0.5, 0.6) is 0 Å². The Bertz CT molecular complexity index is 1060. The maximum atomic E-state index is 2.51. The Balaban J connectivity index is 1.95. The quantitative estimate of drug-likeness (QED) is 0.549. The van der Waals surface area contributed by atoms with Crippen molar-refractivity contribution in [2.24, 2.45) is 5.92 Å². The fourth-order valence-electron chi connectivity index (χ4n) is 6.88. The van der Waals surface area contributed by atoms with E-state index in [0.717, 1.165) is 0 Å². The lowest BCUT2D eigenvalue weighted by atomic mass is 9.20. The van der Waals surface area contributed by atoms with Gasteiger partial charge in [-0.2, -0.15) is 0 Å². The molecule has 2 heterocycles. The molecule has 0 saturated heterocycles. The van der Waals surface area contributed by atoms with E-state index in [9.17, 15) is 0 Å². The van der Waals surface area contributed by atoms with Crippen LogP contribution < -0.4 is 10.9 Å². The molecule has 0 amide bonds. The van der Waals surface area contributed by atoms with Crippen LogP contribution in [0.2, 0.25) is 5.82 Å². The van der Waals surface area contributed by atoms with Gasteiger partial charge in [-0.3, -0.25) is 0 Å². The molecule has 2 aromatic rings. The molecule has 0 nitrogen and oxygen atoms in total. The Morgan fingerprint density at radius 1 is 0.897 bits per heavy atom. The molecule has 0 spiro atoms. The first-order chi connectivity index (χ1) is 13.7. The molecule has 0 aromatic heterocycles. The molecule has 5 rings (SSSR count). The van der Waals surface area contributed by atoms with Crippen LogP contribution in [-0.4, -0.2) is 6.71 Å². The van der Waals surface area contributed by atoms with Gasteiger partial charge in [-0.1, -0.05) is 124 Å². The lowest BCUT2D eigenvalue weighted by molar-refractivity contribution is 0.351. The molecule has 2 aliphatic heterocycles. The zero-order chi connectivity index (χ0) is 20.7.